The minimum Gasteiger partial charge on any atom is -0.470 e. The number of hydrogen-bond acceptors (Lipinski definition) is 7. The van der Waals surface area contributed by atoms with Crippen LogP contribution in [0, 0.1) is 11.6 Å². The van der Waals surface area contributed by atoms with E-state index in [1.54, 1.807) is 24.3 Å². The van der Waals surface area contributed by atoms with Gasteiger partial charge in [-0.1, -0.05) is 37.6 Å². The number of sulfonamides is 1. The van der Waals surface area contributed by atoms with Gasteiger partial charge < -0.3 is 15.4 Å². The first-order chi connectivity index (χ1) is 16.6. The second-order valence-corrected chi connectivity index (χ2v) is 9.80. The lowest BCUT2D eigenvalue weighted by Crippen LogP contribution is -2.31. The zero-order valence-corrected chi connectivity index (χ0v) is 20.8. The molecule has 35 heavy (non-hydrogen) atoms. The van der Waals surface area contributed by atoms with Crippen LogP contribution in [-0.4, -0.2) is 48.7 Å². The van der Waals surface area contributed by atoms with Crippen LogP contribution in [0.4, 0.5) is 20.3 Å². The van der Waals surface area contributed by atoms with Gasteiger partial charge >= 0.3 is 0 Å². The van der Waals surface area contributed by atoms with Crippen molar-refractivity contribution < 1.29 is 21.9 Å². The van der Waals surface area contributed by atoms with Gasteiger partial charge in [-0.15, -0.1) is 0 Å². The van der Waals surface area contributed by atoms with Crippen LogP contribution in [-0.2, 0) is 16.6 Å². The number of aromatic nitrogens is 2. The molecule has 0 aliphatic heterocycles. The van der Waals surface area contributed by atoms with E-state index in [0.29, 0.717) is 23.5 Å². The molecule has 1 aromatic heterocycles. The quantitative estimate of drug-likeness (QED) is 0.359. The molecule has 0 aliphatic carbocycles. The van der Waals surface area contributed by atoms with Crippen LogP contribution in [0.25, 0.3) is 11.3 Å². The van der Waals surface area contributed by atoms with Crippen molar-refractivity contribution in [2.24, 2.45) is 0 Å². The number of anilines is 2. The first kappa shape index (κ1) is 26.6. The lowest BCUT2D eigenvalue weighted by Gasteiger charge is -2.18. The molecule has 8 nitrogen and oxygen atoms in total. The highest BCUT2D eigenvalue weighted by molar-refractivity contribution is 7.92. The Labute approximate surface area is 208 Å². The molecular formula is C23H26ClF2N5O3S. The smallest absolute Gasteiger partial charge is 0.258 e. The lowest BCUT2D eigenvalue weighted by molar-refractivity contribution is 0.288. The minimum atomic E-state index is -3.57. The standard InChI is InChI=1S/C23H26ClF2N5O3S/c1-3-31(4-2)10-11-35(32,33)30-16-7-5-6-15(12-16)20-13-28-22(27)23(29-20)34-14-17-18(25)8-9-19(26)21(17)24/h5-9,12-13,30H,3-4,10-11,14H2,1-2H3,(H2,27,28). The predicted octanol–water partition coefficient (Wildman–Crippen LogP) is 4.32. The molecule has 1 heterocycles. The van der Waals surface area contributed by atoms with E-state index >= 15 is 0 Å². The van der Waals surface area contributed by atoms with Crippen molar-refractivity contribution in [2.75, 3.05) is 35.8 Å². The van der Waals surface area contributed by atoms with Gasteiger partial charge in [0.2, 0.25) is 10.0 Å². The number of benzene rings is 2. The zero-order valence-electron chi connectivity index (χ0n) is 19.3. The Balaban J connectivity index is 1.77. The zero-order chi connectivity index (χ0) is 25.6. The van der Waals surface area contributed by atoms with Crippen molar-refractivity contribution in [1.29, 1.82) is 0 Å². The van der Waals surface area contributed by atoms with Crippen LogP contribution in [0.2, 0.25) is 5.02 Å². The number of halogens is 3. The summed E-state index contributed by atoms with van der Waals surface area (Å²) in [4.78, 5) is 10.4. The number of ether oxygens (including phenoxy) is 1. The topological polar surface area (TPSA) is 110 Å². The molecule has 0 bridgehead atoms. The van der Waals surface area contributed by atoms with Gasteiger partial charge in [0.05, 0.1) is 22.7 Å². The van der Waals surface area contributed by atoms with Gasteiger partial charge in [0, 0.05) is 23.4 Å². The van der Waals surface area contributed by atoms with Gasteiger partial charge in [-0.05, 0) is 37.4 Å². The van der Waals surface area contributed by atoms with Gasteiger partial charge in [0.15, 0.2) is 5.82 Å². The fourth-order valence-electron chi connectivity index (χ4n) is 3.23. The number of nitrogens with one attached hydrogen (secondary N) is 1. The maximum Gasteiger partial charge on any atom is 0.258 e. The van der Waals surface area contributed by atoms with E-state index in [1.165, 1.54) is 6.20 Å². The molecule has 0 saturated heterocycles. The molecule has 0 spiro atoms. The molecule has 0 radical (unpaired) electrons. The second kappa shape index (κ2) is 11.6. The van der Waals surface area contributed by atoms with Crippen molar-refractivity contribution in [2.45, 2.75) is 20.5 Å². The summed E-state index contributed by atoms with van der Waals surface area (Å²) in [7, 11) is -3.57. The average Bonchev–Trinajstić information content (AvgIpc) is 2.83. The van der Waals surface area contributed by atoms with Crippen LogP contribution in [0.3, 0.4) is 0 Å². The van der Waals surface area contributed by atoms with E-state index in [4.69, 9.17) is 22.1 Å². The minimum absolute atomic E-state index is 0.0439. The highest BCUT2D eigenvalue weighted by Crippen LogP contribution is 2.28. The van der Waals surface area contributed by atoms with E-state index in [-0.39, 0.29) is 23.0 Å². The van der Waals surface area contributed by atoms with Crippen LogP contribution in [0.1, 0.15) is 19.4 Å². The maximum atomic E-state index is 14.0. The molecule has 3 aromatic rings. The average molecular weight is 526 g/mol. The van der Waals surface area contributed by atoms with Crippen molar-refractivity contribution >= 4 is 33.1 Å². The molecule has 188 valence electrons. The second-order valence-electron chi connectivity index (χ2n) is 7.58. The van der Waals surface area contributed by atoms with Crippen molar-refractivity contribution in [3.8, 4) is 17.1 Å². The Morgan fingerprint density at radius 1 is 1.14 bits per heavy atom. The molecule has 0 unspecified atom stereocenters. The third-order valence-corrected chi connectivity index (χ3v) is 6.94. The van der Waals surface area contributed by atoms with Gasteiger partial charge in [0.1, 0.15) is 18.2 Å². The molecule has 0 atom stereocenters. The molecule has 3 N–H and O–H groups in total. The van der Waals surface area contributed by atoms with E-state index in [1.807, 2.05) is 18.7 Å². The maximum absolute atomic E-state index is 14.0. The Morgan fingerprint density at radius 3 is 2.57 bits per heavy atom. The molecule has 0 amide bonds. The Hall–Kier alpha value is -3.02. The molecule has 12 heteroatoms. The number of rotatable bonds is 11. The Morgan fingerprint density at radius 2 is 1.86 bits per heavy atom. The first-order valence-corrected chi connectivity index (χ1v) is 12.9. The Bertz CT molecular complexity index is 1290. The molecule has 3 rings (SSSR count). The van der Waals surface area contributed by atoms with Crippen LogP contribution in [0.5, 0.6) is 5.88 Å². The lowest BCUT2D eigenvalue weighted by atomic mass is 10.1. The largest absolute Gasteiger partial charge is 0.470 e. The molecule has 0 aliphatic rings. The first-order valence-electron chi connectivity index (χ1n) is 10.8. The fourth-order valence-corrected chi connectivity index (χ4v) is 4.52. The number of hydrogen-bond donors (Lipinski definition) is 2. The van der Waals surface area contributed by atoms with E-state index < -0.39 is 33.3 Å². The molecule has 0 fully saturated rings. The van der Waals surface area contributed by atoms with Gasteiger partial charge in [-0.25, -0.2) is 27.2 Å². The van der Waals surface area contributed by atoms with E-state index in [9.17, 15) is 17.2 Å². The van der Waals surface area contributed by atoms with Crippen molar-refractivity contribution in [1.82, 2.24) is 14.9 Å². The third-order valence-electron chi connectivity index (χ3n) is 5.26. The summed E-state index contributed by atoms with van der Waals surface area (Å²) in [5.74, 6) is -1.73. The summed E-state index contributed by atoms with van der Waals surface area (Å²) in [6.45, 7) is 5.47. The SMILES string of the molecule is CCN(CC)CCS(=O)(=O)Nc1cccc(-c2cnc(N)c(OCc3c(F)ccc(F)c3Cl)n2)c1. The summed E-state index contributed by atoms with van der Waals surface area (Å²) in [5, 5.41) is -0.395. The highest BCUT2D eigenvalue weighted by Gasteiger charge is 2.16. The summed E-state index contributed by atoms with van der Waals surface area (Å²) in [6, 6.07) is 8.46. The molecule has 2 aromatic carbocycles. The van der Waals surface area contributed by atoms with E-state index in [2.05, 4.69) is 14.7 Å². The number of nitrogens with two attached hydrogens (primary N) is 1. The number of nitrogen functional groups attached to an aromatic ring is 1. The third kappa shape index (κ3) is 7.00. The summed E-state index contributed by atoms with van der Waals surface area (Å²) in [5.41, 5.74) is 6.89. The monoisotopic (exact) mass is 525 g/mol. The summed E-state index contributed by atoms with van der Waals surface area (Å²) >= 11 is 5.84. The summed E-state index contributed by atoms with van der Waals surface area (Å²) < 4.78 is 60.8. The normalized spacial score (nSPS) is 11.6. The van der Waals surface area contributed by atoms with Crippen LogP contribution < -0.4 is 15.2 Å². The van der Waals surface area contributed by atoms with E-state index in [0.717, 1.165) is 25.2 Å². The van der Waals surface area contributed by atoms with Crippen LogP contribution in [0.15, 0.2) is 42.6 Å². The van der Waals surface area contributed by atoms with Crippen molar-refractivity contribution in [3.05, 3.63) is 64.8 Å². The van der Waals surface area contributed by atoms with Gasteiger partial charge in [-0.3, -0.25) is 4.72 Å². The van der Waals surface area contributed by atoms with Gasteiger partial charge in [-0.2, -0.15) is 0 Å². The summed E-state index contributed by atoms with van der Waals surface area (Å²) in [6.07, 6.45) is 1.39. The molecular weight excluding hydrogens is 500 g/mol. The number of nitrogens with zero attached hydrogens (tertiary/aromatic N) is 3. The predicted molar refractivity (Wildman–Crippen MR) is 133 cm³/mol. The van der Waals surface area contributed by atoms with Crippen LogP contribution >= 0.6 is 11.6 Å². The van der Waals surface area contributed by atoms with Crippen molar-refractivity contribution in [3.63, 3.8) is 0 Å². The Kier molecular flexibility index (Phi) is 8.82. The highest BCUT2D eigenvalue weighted by atomic mass is 35.5. The van der Waals surface area contributed by atoms with Gasteiger partial charge in [0.25, 0.3) is 5.88 Å². The fraction of sp³-hybridized carbons (Fsp3) is 0.304. The molecule has 0 saturated carbocycles.